The highest BCUT2D eigenvalue weighted by atomic mass is 16.5. The maximum atomic E-state index is 5.51. The van der Waals surface area contributed by atoms with E-state index in [-0.39, 0.29) is 0 Å². The normalized spacial score (nSPS) is 10.7. The van der Waals surface area contributed by atoms with E-state index in [1.54, 1.807) is 21.3 Å². The van der Waals surface area contributed by atoms with E-state index in [9.17, 15) is 0 Å². The van der Waals surface area contributed by atoms with Crippen molar-refractivity contribution in [2.45, 2.75) is 6.54 Å². The Morgan fingerprint density at radius 3 is 2.50 bits per heavy atom. The zero-order valence-corrected chi connectivity index (χ0v) is 13.9. The van der Waals surface area contributed by atoms with Crippen molar-refractivity contribution in [1.29, 1.82) is 0 Å². The van der Waals surface area contributed by atoms with Gasteiger partial charge in [0.05, 0.1) is 21.3 Å². The second kappa shape index (κ2) is 6.57. The number of hydrogen-bond acceptors (Lipinski definition) is 8. The lowest BCUT2D eigenvalue weighted by molar-refractivity contribution is 0.322. The van der Waals surface area contributed by atoms with Crippen molar-refractivity contribution < 1.29 is 14.2 Å². The van der Waals surface area contributed by atoms with Crippen molar-refractivity contribution in [3.8, 4) is 17.2 Å². The molecule has 9 nitrogen and oxygen atoms in total. The molecule has 0 N–H and O–H groups in total. The molecule has 0 saturated carbocycles. The molecular formula is C15H18N6O3. The van der Waals surface area contributed by atoms with E-state index in [0.29, 0.717) is 29.4 Å². The number of rotatable bonds is 6. The zero-order chi connectivity index (χ0) is 17.1. The number of ether oxygens (including phenoxy) is 3. The first kappa shape index (κ1) is 15.8. The summed E-state index contributed by atoms with van der Waals surface area (Å²) < 4.78 is 17.6. The summed E-state index contributed by atoms with van der Waals surface area (Å²) in [5.74, 6) is 2.54. The molecule has 126 valence electrons. The number of aromatic nitrogens is 5. The third-order valence-electron chi connectivity index (χ3n) is 3.64. The maximum absolute atomic E-state index is 5.51. The molecule has 0 fully saturated rings. The van der Waals surface area contributed by atoms with Gasteiger partial charge in [0, 0.05) is 19.2 Å². The highest BCUT2D eigenvalue weighted by Crippen LogP contribution is 2.40. The van der Waals surface area contributed by atoms with Crippen LogP contribution in [0.3, 0.4) is 0 Å². The number of benzene rings is 1. The second-order valence-corrected chi connectivity index (χ2v) is 5.07. The van der Waals surface area contributed by atoms with Crippen LogP contribution in [0, 0.1) is 0 Å². The van der Waals surface area contributed by atoms with Crippen LogP contribution in [-0.2, 0) is 6.54 Å². The van der Waals surface area contributed by atoms with Crippen molar-refractivity contribution in [3.05, 3.63) is 29.8 Å². The SMILES string of the molecule is COc1ccc(CN(C)c2ccc3nnnn3n2)c(OC)c1OC. The topological polar surface area (TPSA) is 86.9 Å². The van der Waals surface area contributed by atoms with Crippen LogP contribution in [0.15, 0.2) is 24.3 Å². The van der Waals surface area contributed by atoms with Gasteiger partial charge in [-0.25, -0.2) is 0 Å². The first-order valence-electron chi connectivity index (χ1n) is 7.22. The number of tetrazole rings is 1. The molecule has 0 saturated heterocycles. The van der Waals surface area contributed by atoms with Gasteiger partial charge in [-0.1, -0.05) is 0 Å². The molecule has 1 aromatic carbocycles. The summed E-state index contributed by atoms with van der Waals surface area (Å²) in [6.45, 7) is 0.560. The van der Waals surface area contributed by atoms with Crippen LogP contribution in [0.2, 0.25) is 0 Å². The molecule has 0 unspecified atom stereocenters. The summed E-state index contributed by atoms with van der Waals surface area (Å²) in [6, 6.07) is 7.46. The average molecular weight is 330 g/mol. The molecule has 0 bridgehead atoms. The van der Waals surface area contributed by atoms with Crippen LogP contribution in [0.1, 0.15) is 5.56 Å². The Labute approximate surface area is 138 Å². The predicted molar refractivity (Wildman–Crippen MR) is 86.8 cm³/mol. The van der Waals surface area contributed by atoms with Gasteiger partial charge in [0.1, 0.15) is 0 Å². The Hall–Kier alpha value is -3.10. The Morgan fingerprint density at radius 1 is 1.00 bits per heavy atom. The van der Waals surface area contributed by atoms with Crippen LogP contribution >= 0.6 is 0 Å². The van der Waals surface area contributed by atoms with E-state index in [1.165, 1.54) is 4.63 Å². The molecule has 0 aliphatic carbocycles. The van der Waals surface area contributed by atoms with Crippen molar-refractivity contribution in [2.75, 3.05) is 33.3 Å². The third kappa shape index (κ3) is 2.75. The minimum absolute atomic E-state index is 0.560. The molecule has 3 aromatic rings. The Balaban J connectivity index is 1.91. The maximum Gasteiger partial charge on any atom is 0.203 e. The third-order valence-corrected chi connectivity index (χ3v) is 3.64. The fourth-order valence-corrected chi connectivity index (χ4v) is 2.47. The highest BCUT2D eigenvalue weighted by Gasteiger charge is 2.17. The van der Waals surface area contributed by atoms with Crippen LogP contribution in [0.4, 0.5) is 5.82 Å². The van der Waals surface area contributed by atoms with E-state index in [1.807, 2.05) is 36.2 Å². The van der Waals surface area contributed by atoms with Gasteiger partial charge in [-0.2, -0.15) is 0 Å². The van der Waals surface area contributed by atoms with E-state index >= 15 is 0 Å². The second-order valence-electron chi connectivity index (χ2n) is 5.07. The number of hydrogen-bond donors (Lipinski definition) is 0. The molecule has 2 heterocycles. The average Bonchev–Trinajstić information content (AvgIpc) is 3.08. The molecule has 24 heavy (non-hydrogen) atoms. The Bertz CT molecular complexity index is 850. The summed E-state index contributed by atoms with van der Waals surface area (Å²) in [4.78, 5) is 1.96. The van der Waals surface area contributed by atoms with Gasteiger partial charge in [-0.05, 0) is 34.7 Å². The molecule has 0 amide bonds. The fraction of sp³-hybridized carbons (Fsp3) is 0.333. The number of methoxy groups -OCH3 is 3. The summed E-state index contributed by atoms with van der Waals surface area (Å²) in [7, 11) is 6.70. The van der Waals surface area contributed by atoms with E-state index < -0.39 is 0 Å². The van der Waals surface area contributed by atoms with Crippen LogP contribution in [-0.4, -0.2) is 53.6 Å². The van der Waals surface area contributed by atoms with Crippen molar-refractivity contribution in [3.63, 3.8) is 0 Å². The summed E-state index contributed by atoms with van der Waals surface area (Å²) in [6.07, 6.45) is 0. The predicted octanol–water partition coefficient (Wildman–Crippen LogP) is 1.18. The van der Waals surface area contributed by atoms with Crippen molar-refractivity contribution >= 4 is 11.5 Å². The minimum atomic E-state index is 0.560. The van der Waals surface area contributed by atoms with Gasteiger partial charge in [-0.3, -0.25) is 0 Å². The highest BCUT2D eigenvalue weighted by molar-refractivity contribution is 5.57. The van der Waals surface area contributed by atoms with Crippen LogP contribution in [0.5, 0.6) is 17.2 Å². The molecule has 0 aliphatic rings. The summed E-state index contributed by atoms with van der Waals surface area (Å²) in [5, 5.41) is 15.6. The molecule has 0 aliphatic heterocycles. The largest absolute Gasteiger partial charge is 0.493 e. The van der Waals surface area contributed by atoms with Crippen LogP contribution in [0.25, 0.3) is 5.65 Å². The van der Waals surface area contributed by atoms with Gasteiger partial charge < -0.3 is 19.1 Å². The lowest BCUT2D eigenvalue weighted by atomic mass is 10.1. The van der Waals surface area contributed by atoms with Gasteiger partial charge in [0.15, 0.2) is 23.0 Å². The number of anilines is 1. The number of fused-ring (bicyclic) bond motifs is 1. The van der Waals surface area contributed by atoms with Crippen LogP contribution < -0.4 is 19.1 Å². The Kier molecular flexibility index (Phi) is 4.32. The molecule has 9 heteroatoms. The molecule has 0 spiro atoms. The molecule has 0 radical (unpaired) electrons. The van der Waals surface area contributed by atoms with Gasteiger partial charge in [0.2, 0.25) is 5.75 Å². The standard InChI is InChI=1S/C15H18N6O3/c1-20(13-8-7-12-16-18-19-21(12)17-13)9-10-5-6-11(22-2)15(24-4)14(10)23-3/h5-8H,9H2,1-4H3. The van der Waals surface area contributed by atoms with E-state index in [0.717, 1.165) is 11.4 Å². The Morgan fingerprint density at radius 2 is 1.79 bits per heavy atom. The smallest absolute Gasteiger partial charge is 0.203 e. The summed E-state index contributed by atoms with van der Waals surface area (Å²) in [5.41, 5.74) is 1.53. The zero-order valence-electron chi connectivity index (χ0n) is 13.9. The molecule has 0 atom stereocenters. The van der Waals surface area contributed by atoms with Crippen molar-refractivity contribution in [2.24, 2.45) is 0 Å². The molecule has 3 rings (SSSR count). The van der Waals surface area contributed by atoms with E-state index in [2.05, 4.69) is 20.6 Å². The summed E-state index contributed by atoms with van der Waals surface area (Å²) >= 11 is 0. The van der Waals surface area contributed by atoms with Crippen molar-refractivity contribution in [1.82, 2.24) is 25.3 Å². The van der Waals surface area contributed by atoms with E-state index in [4.69, 9.17) is 14.2 Å². The lowest BCUT2D eigenvalue weighted by Crippen LogP contribution is -2.19. The minimum Gasteiger partial charge on any atom is -0.493 e. The monoisotopic (exact) mass is 330 g/mol. The lowest BCUT2D eigenvalue weighted by Gasteiger charge is -2.21. The van der Waals surface area contributed by atoms with Gasteiger partial charge in [-0.15, -0.1) is 14.8 Å². The number of nitrogens with zero attached hydrogens (tertiary/aromatic N) is 6. The first-order valence-corrected chi connectivity index (χ1v) is 7.22. The first-order chi connectivity index (χ1) is 11.7. The molecule has 2 aromatic heterocycles. The van der Waals surface area contributed by atoms with Gasteiger partial charge in [0.25, 0.3) is 0 Å². The molecular weight excluding hydrogens is 312 g/mol. The fourth-order valence-electron chi connectivity index (χ4n) is 2.47. The van der Waals surface area contributed by atoms with Gasteiger partial charge >= 0.3 is 0 Å². The quantitative estimate of drug-likeness (QED) is 0.666.